The third-order valence-electron chi connectivity index (χ3n) is 16.4. The average Bonchev–Trinajstić information content (AvgIpc) is 3.42. The molecule has 0 aliphatic rings. The molecule has 0 aromatic rings. The molecule has 0 aliphatic heterocycles. The quantitative estimate of drug-likeness (QED) is 0.0343. The highest BCUT2D eigenvalue weighted by Gasteiger charge is 2.19. The summed E-state index contributed by atoms with van der Waals surface area (Å²) in [6.45, 7) is 6.72. The second-order valence-corrected chi connectivity index (χ2v) is 24.2. The van der Waals surface area contributed by atoms with Crippen molar-refractivity contribution in [3.8, 4) is 0 Å². The zero-order chi connectivity index (χ0) is 55.0. The molecule has 452 valence electrons. The van der Waals surface area contributed by atoms with Gasteiger partial charge in [0.05, 0.1) is 0 Å². The Morgan fingerprint density at radius 1 is 0.211 bits per heavy atom. The molecule has 0 saturated heterocycles. The summed E-state index contributed by atoms with van der Waals surface area (Å²) < 4.78 is 16.9. The predicted octanol–water partition coefficient (Wildman–Crippen LogP) is 23.8. The van der Waals surface area contributed by atoms with Crippen molar-refractivity contribution in [1.82, 2.24) is 0 Å². The first-order chi connectivity index (χ1) is 37.5. The molecule has 6 heteroatoms. The second-order valence-electron chi connectivity index (χ2n) is 24.2. The van der Waals surface area contributed by atoms with Crippen LogP contribution in [-0.4, -0.2) is 37.2 Å². The van der Waals surface area contributed by atoms with Crippen LogP contribution in [0.15, 0.2) is 0 Å². The summed E-state index contributed by atoms with van der Waals surface area (Å²) >= 11 is 0. The molecule has 0 bridgehead atoms. The van der Waals surface area contributed by atoms with Crippen LogP contribution in [0.3, 0.4) is 0 Å². The molecule has 1 unspecified atom stereocenters. The Bertz CT molecular complexity index is 1140. The molecular weight excluding hydrogens is 937 g/mol. The first-order valence-electron chi connectivity index (χ1n) is 35.0. The summed E-state index contributed by atoms with van der Waals surface area (Å²) in [5.74, 6) is -0.828. The second kappa shape index (κ2) is 65.9. The number of hydrogen-bond donors (Lipinski definition) is 0. The van der Waals surface area contributed by atoms with Crippen LogP contribution in [-0.2, 0) is 28.6 Å². The Kier molecular flexibility index (Phi) is 64.5. The fourth-order valence-corrected chi connectivity index (χ4v) is 11.1. The summed E-state index contributed by atoms with van der Waals surface area (Å²) in [4.78, 5) is 38.2. The van der Waals surface area contributed by atoms with Crippen molar-refractivity contribution >= 4 is 17.9 Å². The van der Waals surface area contributed by atoms with Crippen LogP contribution >= 0.6 is 0 Å². The van der Waals surface area contributed by atoms with Crippen molar-refractivity contribution in [3.05, 3.63) is 0 Å². The number of carbonyl (C=O) groups is 3. The van der Waals surface area contributed by atoms with Gasteiger partial charge in [-0.1, -0.05) is 374 Å². The molecule has 76 heavy (non-hydrogen) atoms. The van der Waals surface area contributed by atoms with Gasteiger partial charge in [0.2, 0.25) is 0 Å². The first-order valence-corrected chi connectivity index (χ1v) is 35.0. The van der Waals surface area contributed by atoms with E-state index in [0.29, 0.717) is 19.3 Å². The van der Waals surface area contributed by atoms with Gasteiger partial charge in [0.1, 0.15) is 13.2 Å². The highest BCUT2D eigenvalue weighted by atomic mass is 16.6. The molecule has 0 heterocycles. The summed E-state index contributed by atoms with van der Waals surface area (Å²) in [5.41, 5.74) is 0. The molecular formula is C70H136O6. The van der Waals surface area contributed by atoms with E-state index in [1.807, 2.05) is 0 Å². The summed E-state index contributed by atoms with van der Waals surface area (Å²) in [6.07, 6.45) is 77.3. The van der Waals surface area contributed by atoms with Gasteiger partial charge in [0.25, 0.3) is 0 Å². The monoisotopic (exact) mass is 1070 g/mol. The normalized spacial score (nSPS) is 11.9. The molecule has 0 radical (unpaired) electrons. The lowest BCUT2D eigenvalue weighted by atomic mass is 10.0. The Hall–Kier alpha value is -1.59. The molecule has 0 aliphatic carbocycles. The van der Waals surface area contributed by atoms with E-state index in [0.717, 1.165) is 57.8 Å². The highest BCUT2D eigenvalue weighted by Crippen LogP contribution is 2.19. The van der Waals surface area contributed by atoms with Crippen molar-refractivity contribution in [2.75, 3.05) is 13.2 Å². The number of rotatable bonds is 66. The lowest BCUT2D eigenvalue weighted by Crippen LogP contribution is -2.30. The fraction of sp³-hybridized carbons (Fsp3) is 0.957. The number of hydrogen-bond acceptors (Lipinski definition) is 6. The maximum atomic E-state index is 12.9. The number of carbonyl (C=O) groups excluding carboxylic acids is 3. The molecule has 0 N–H and O–H groups in total. The minimum Gasteiger partial charge on any atom is -0.462 e. The van der Waals surface area contributed by atoms with Crippen LogP contribution in [0.2, 0.25) is 0 Å². The number of ether oxygens (including phenoxy) is 3. The molecule has 6 nitrogen and oxygen atoms in total. The standard InChI is InChI=1S/C70H136O6/c1-4-7-10-13-16-19-22-24-26-27-28-29-30-31-32-33-34-35-36-37-38-39-40-41-42-43-44-46-48-51-54-57-60-63-69(72)75-66-67(65-74-68(71)62-59-56-53-50-47-21-18-15-12-9-6-3)76-70(73)64-61-58-55-52-49-45-25-23-20-17-14-11-8-5-2/h67H,4-66H2,1-3H3. The van der Waals surface area contributed by atoms with Crippen molar-refractivity contribution in [2.24, 2.45) is 0 Å². The van der Waals surface area contributed by atoms with Gasteiger partial charge in [-0.3, -0.25) is 14.4 Å². The zero-order valence-electron chi connectivity index (χ0n) is 52.1. The van der Waals surface area contributed by atoms with E-state index in [1.165, 1.54) is 315 Å². The van der Waals surface area contributed by atoms with Gasteiger partial charge in [-0.25, -0.2) is 0 Å². The van der Waals surface area contributed by atoms with E-state index in [9.17, 15) is 14.4 Å². The van der Waals surface area contributed by atoms with Gasteiger partial charge >= 0.3 is 17.9 Å². The topological polar surface area (TPSA) is 78.9 Å². The molecule has 0 fully saturated rings. The first kappa shape index (κ1) is 74.4. The molecule has 0 aromatic carbocycles. The van der Waals surface area contributed by atoms with Gasteiger partial charge < -0.3 is 14.2 Å². The van der Waals surface area contributed by atoms with Crippen LogP contribution in [0, 0.1) is 0 Å². The van der Waals surface area contributed by atoms with Crippen LogP contribution in [0.4, 0.5) is 0 Å². The third-order valence-corrected chi connectivity index (χ3v) is 16.4. The molecule has 1 atom stereocenters. The Balaban J connectivity index is 3.98. The minimum atomic E-state index is -0.762. The van der Waals surface area contributed by atoms with Gasteiger partial charge in [-0.15, -0.1) is 0 Å². The lowest BCUT2D eigenvalue weighted by molar-refractivity contribution is -0.167. The van der Waals surface area contributed by atoms with E-state index in [4.69, 9.17) is 14.2 Å². The van der Waals surface area contributed by atoms with E-state index in [1.54, 1.807) is 0 Å². The summed E-state index contributed by atoms with van der Waals surface area (Å²) in [6, 6.07) is 0. The lowest BCUT2D eigenvalue weighted by Gasteiger charge is -2.18. The van der Waals surface area contributed by atoms with E-state index >= 15 is 0 Å². The van der Waals surface area contributed by atoms with Gasteiger partial charge in [-0.05, 0) is 19.3 Å². The Morgan fingerprint density at radius 3 is 0.526 bits per heavy atom. The SMILES string of the molecule is CCCCCCCCCCCCCCCCCCCCCCCCCCCCCCCCCCCC(=O)OCC(COC(=O)CCCCCCCCCCCCC)OC(=O)CCCCCCCCCCCCCCCC. The maximum absolute atomic E-state index is 12.9. The Labute approximate surface area is 476 Å². The predicted molar refractivity (Wildman–Crippen MR) is 330 cm³/mol. The van der Waals surface area contributed by atoms with Gasteiger partial charge in [-0.2, -0.15) is 0 Å². The van der Waals surface area contributed by atoms with Crippen molar-refractivity contribution in [1.29, 1.82) is 0 Å². The van der Waals surface area contributed by atoms with Crippen molar-refractivity contribution in [3.63, 3.8) is 0 Å². The largest absolute Gasteiger partial charge is 0.462 e. The van der Waals surface area contributed by atoms with Crippen LogP contribution in [0.1, 0.15) is 412 Å². The van der Waals surface area contributed by atoms with E-state index in [2.05, 4.69) is 20.8 Å². The molecule has 0 rings (SSSR count). The number of unbranched alkanes of at least 4 members (excludes halogenated alkanes) is 55. The molecule has 0 amide bonds. The van der Waals surface area contributed by atoms with E-state index < -0.39 is 6.10 Å². The van der Waals surface area contributed by atoms with Gasteiger partial charge in [0.15, 0.2) is 6.10 Å². The van der Waals surface area contributed by atoms with E-state index in [-0.39, 0.29) is 31.1 Å². The number of esters is 3. The van der Waals surface area contributed by atoms with Crippen molar-refractivity contribution in [2.45, 2.75) is 419 Å². The summed E-state index contributed by atoms with van der Waals surface area (Å²) in [7, 11) is 0. The molecule has 0 spiro atoms. The third kappa shape index (κ3) is 63.2. The van der Waals surface area contributed by atoms with Gasteiger partial charge in [0, 0.05) is 19.3 Å². The smallest absolute Gasteiger partial charge is 0.306 e. The average molecular weight is 1070 g/mol. The molecule has 0 saturated carbocycles. The van der Waals surface area contributed by atoms with Crippen molar-refractivity contribution < 1.29 is 28.6 Å². The van der Waals surface area contributed by atoms with Crippen LogP contribution in [0.25, 0.3) is 0 Å². The van der Waals surface area contributed by atoms with Crippen LogP contribution in [0.5, 0.6) is 0 Å². The maximum Gasteiger partial charge on any atom is 0.306 e. The Morgan fingerprint density at radius 2 is 0.355 bits per heavy atom. The highest BCUT2D eigenvalue weighted by molar-refractivity contribution is 5.71. The fourth-order valence-electron chi connectivity index (χ4n) is 11.1. The van der Waals surface area contributed by atoms with Crippen LogP contribution < -0.4 is 0 Å². The minimum absolute atomic E-state index is 0.0608. The summed E-state index contributed by atoms with van der Waals surface area (Å²) in [5, 5.41) is 0. The zero-order valence-corrected chi connectivity index (χ0v) is 52.1. The molecule has 0 aromatic heterocycles.